The molecule has 0 saturated heterocycles. The van der Waals surface area contributed by atoms with Crippen LogP contribution >= 0.6 is 12.4 Å². The number of aromatic carboxylic acids is 1. The van der Waals surface area contributed by atoms with Crippen LogP contribution in [0.3, 0.4) is 0 Å². The number of aromatic nitrogens is 2. The summed E-state index contributed by atoms with van der Waals surface area (Å²) in [6.45, 7) is 0. The molecule has 1 N–H and O–H groups in total. The van der Waals surface area contributed by atoms with Gasteiger partial charge in [0.15, 0.2) is 0 Å². The molecule has 0 radical (unpaired) electrons. The number of halogens is 1. The number of fused-ring (bicyclic) bond motifs is 1. The highest BCUT2D eigenvalue weighted by atomic mass is 35.5. The van der Waals surface area contributed by atoms with Crippen LogP contribution < -0.4 is 0 Å². The lowest BCUT2D eigenvalue weighted by atomic mass is 10.3. The Morgan fingerprint density at radius 2 is 2.23 bits per heavy atom. The average Bonchev–Trinajstić information content (AvgIpc) is 2.47. The molecule has 0 bridgehead atoms. The normalized spacial score (nSPS) is 9.54. The second-order valence-electron chi connectivity index (χ2n) is 2.39. The molecule has 0 aliphatic heterocycles. The van der Waals surface area contributed by atoms with Crippen molar-refractivity contribution in [3.8, 4) is 0 Å². The number of carboxylic acids is 1. The number of rotatable bonds is 1. The first kappa shape index (κ1) is 9.54. The Bertz CT molecular complexity index is 438. The van der Waals surface area contributed by atoms with Crippen LogP contribution in [0, 0.1) is 0 Å². The van der Waals surface area contributed by atoms with Crippen molar-refractivity contribution in [1.82, 2.24) is 9.61 Å². The number of nitrogens with zero attached hydrogens (tertiary/aromatic N) is 2. The number of hydrogen-bond acceptors (Lipinski definition) is 2. The molecule has 0 aliphatic carbocycles. The Hall–Kier alpha value is -1.55. The first-order valence-corrected chi connectivity index (χ1v) is 3.45. The molecule has 0 unspecified atom stereocenters. The standard InChI is InChI=1S/C8H6N2O2.ClH/c11-8(12)6-5-9-10-4-2-1-3-7(6)10;/h1-5H,(H,11,12);1H. The van der Waals surface area contributed by atoms with Gasteiger partial charge in [0.2, 0.25) is 0 Å². The molecular weight excluding hydrogens is 192 g/mol. The molecule has 2 aromatic rings. The van der Waals surface area contributed by atoms with Gasteiger partial charge in [0.25, 0.3) is 0 Å². The van der Waals surface area contributed by atoms with Crippen LogP contribution in [0.4, 0.5) is 0 Å². The smallest absolute Gasteiger partial charge is 0.339 e. The third-order valence-electron chi connectivity index (χ3n) is 1.66. The summed E-state index contributed by atoms with van der Waals surface area (Å²) in [4.78, 5) is 10.6. The second-order valence-corrected chi connectivity index (χ2v) is 2.39. The van der Waals surface area contributed by atoms with Crippen molar-refractivity contribution >= 4 is 23.9 Å². The molecule has 0 fully saturated rings. The van der Waals surface area contributed by atoms with Gasteiger partial charge in [-0.25, -0.2) is 9.31 Å². The van der Waals surface area contributed by atoms with Crippen molar-refractivity contribution in [3.05, 3.63) is 36.2 Å². The van der Waals surface area contributed by atoms with Gasteiger partial charge >= 0.3 is 5.97 Å². The summed E-state index contributed by atoms with van der Waals surface area (Å²) >= 11 is 0. The van der Waals surface area contributed by atoms with E-state index in [-0.39, 0.29) is 18.0 Å². The highest BCUT2D eigenvalue weighted by Gasteiger charge is 2.08. The van der Waals surface area contributed by atoms with Crippen molar-refractivity contribution in [3.63, 3.8) is 0 Å². The Labute approximate surface area is 80.2 Å². The van der Waals surface area contributed by atoms with E-state index in [1.807, 2.05) is 0 Å². The van der Waals surface area contributed by atoms with Crippen LogP contribution in [0.15, 0.2) is 30.6 Å². The molecule has 2 aromatic heterocycles. The van der Waals surface area contributed by atoms with Crippen LogP contribution in [0.2, 0.25) is 0 Å². The molecule has 0 aromatic carbocycles. The fourth-order valence-electron chi connectivity index (χ4n) is 1.10. The first-order valence-electron chi connectivity index (χ1n) is 3.45. The molecule has 0 spiro atoms. The van der Waals surface area contributed by atoms with Crippen LogP contribution in [-0.2, 0) is 0 Å². The Morgan fingerprint density at radius 3 is 2.92 bits per heavy atom. The highest BCUT2D eigenvalue weighted by molar-refractivity contribution is 5.95. The van der Waals surface area contributed by atoms with E-state index >= 15 is 0 Å². The molecule has 0 amide bonds. The Morgan fingerprint density at radius 1 is 1.46 bits per heavy atom. The van der Waals surface area contributed by atoms with E-state index in [2.05, 4.69) is 5.10 Å². The van der Waals surface area contributed by atoms with Gasteiger partial charge in [-0.15, -0.1) is 12.4 Å². The van der Waals surface area contributed by atoms with Crippen LogP contribution in [0.25, 0.3) is 5.52 Å². The van der Waals surface area contributed by atoms with Crippen LogP contribution in [0.1, 0.15) is 10.4 Å². The number of carboxylic acid groups (broad SMARTS) is 1. The summed E-state index contributed by atoms with van der Waals surface area (Å²) in [6, 6.07) is 5.30. The summed E-state index contributed by atoms with van der Waals surface area (Å²) in [5, 5.41) is 12.6. The predicted octanol–water partition coefficient (Wildman–Crippen LogP) is 1.45. The maximum atomic E-state index is 10.6. The third-order valence-corrected chi connectivity index (χ3v) is 1.66. The maximum Gasteiger partial charge on any atom is 0.339 e. The van der Waals surface area contributed by atoms with E-state index in [1.54, 1.807) is 24.4 Å². The molecular formula is C8H7ClN2O2. The van der Waals surface area contributed by atoms with E-state index in [9.17, 15) is 4.79 Å². The van der Waals surface area contributed by atoms with Crippen molar-refractivity contribution in [2.24, 2.45) is 0 Å². The third kappa shape index (κ3) is 1.48. The summed E-state index contributed by atoms with van der Waals surface area (Å²) in [5.41, 5.74) is 0.848. The number of hydrogen-bond donors (Lipinski definition) is 1. The minimum atomic E-state index is -0.948. The lowest BCUT2D eigenvalue weighted by Crippen LogP contribution is -1.94. The van der Waals surface area contributed by atoms with Crippen molar-refractivity contribution in [2.75, 3.05) is 0 Å². The van der Waals surface area contributed by atoms with Gasteiger partial charge < -0.3 is 5.11 Å². The van der Waals surface area contributed by atoms with Gasteiger partial charge in [-0.05, 0) is 12.1 Å². The fraction of sp³-hybridized carbons (Fsp3) is 0. The zero-order valence-electron chi connectivity index (χ0n) is 6.54. The molecule has 5 heteroatoms. The summed E-state index contributed by atoms with van der Waals surface area (Å²) < 4.78 is 1.53. The molecule has 13 heavy (non-hydrogen) atoms. The van der Waals surface area contributed by atoms with E-state index < -0.39 is 5.97 Å². The van der Waals surface area contributed by atoms with E-state index in [0.717, 1.165) is 0 Å². The largest absolute Gasteiger partial charge is 0.478 e. The molecule has 4 nitrogen and oxygen atoms in total. The fourth-order valence-corrected chi connectivity index (χ4v) is 1.10. The SMILES string of the molecule is Cl.O=C(O)c1cnn2ccccc12. The highest BCUT2D eigenvalue weighted by Crippen LogP contribution is 2.08. The van der Waals surface area contributed by atoms with Crippen molar-refractivity contribution < 1.29 is 9.90 Å². The van der Waals surface area contributed by atoms with Gasteiger partial charge in [0.1, 0.15) is 5.56 Å². The van der Waals surface area contributed by atoms with Crippen molar-refractivity contribution in [1.29, 1.82) is 0 Å². The lowest BCUT2D eigenvalue weighted by Gasteiger charge is -1.91. The second kappa shape index (κ2) is 3.45. The van der Waals surface area contributed by atoms with Gasteiger partial charge in [-0.2, -0.15) is 5.10 Å². The zero-order valence-corrected chi connectivity index (χ0v) is 7.36. The number of pyridine rings is 1. The minimum Gasteiger partial charge on any atom is -0.478 e. The maximum absolute atomic E-state index is 10.6. The molecule has 0 saturated carbocycles. The van der Waals surface area contributed by atoms with Gasteiger partial charge in [-0.3, -0.25) is 0 Å². The van der Waals surface area contributed by atoms with E-state index in [0.29, 0.717) is 5.52 Å². The van der Waals surface area contributed by atoms with Gasteiger partial charge in [0.05, 0.1) is 11.7 Å². The monoisotopic (exact) mass is 198 g/mol. The zero-order chi connectivity index (χ0) is 8.55. The lowest BCUT2D eigenvalue weighted by molar-refractivity contribution is 0.0699. The summed E-state index contributed by atoms with van der Waals surface area (Å²) in [7, 11) is 0. The topological polar surface area (TPSA) is 54.6 Å². The summed E-state index contributed by atoms with van der Waals surface area (Å²) in [5.74, 6) is -0.948. The Kier molecular flexibility index (Phi) is 2.53. The van der Waals surface area contributed by atoms with Gasteiger partial charge in [0, 0.05) is 6.20 Å². The van der Waals surface area contributed by atoms with Crippen LogP contribution in [0.5, 0.6) is 0 Å². The van der Waals surface area contributed by atoms with Crippen molar-refractivity contribution in [2.45, 2.75) is 0 Å². The molecule has 2 rings (SSSR count). The van der Waals surface area contributed by atoms with E-state index in [4.69, 9.17) is 5.11 Å². The first-order chi connectivity index (χ1) is 5.79. The predicted molar refractivity (Wildman–Crippen MR) is 49.4 cm³/mol. The average molecular weight is 199 g/mol. The summed E-state index contributed by atoms with van der Waals surface area (Å²) in [6.07, 6.45) is 3.06. The minimum absolute atomic E-state index is 0. The van der Waals surface area contributed by atoms with Gasteiger partial charge in [-0.1, -0.05) is 6.07 Å². The molecule has 2 heterocycles. The molecule has 68 valence electrons. The molecule has 0 aliphatic rings. The quantitative estimate of drug-likeness (QED) is 0.755. The molecule has 0 atom stereocenters. The number of carbonyl (C=O) groups is 1. The Balaban J connectivity index is 0.000000845. The van der Waals surface area contributed by atoms with E-state index in [1.165, 1.54) is 10.7 Å². The van der Waals surface area contributed by atoms with Crippen LogP contribution in [-0.4, -0.2) is 20.7 Å².